The third-order valence-corrected chi connectivity index (χ3v) is 6.37. The average Bonchev–Trinajstić information content (AvgIpc) is 3.19. The van der Waals surface area contributed by atoms with Crippen LogP contribution in [0.15, 0.2) is 29.2 Å². The van der Waals surface area contributed by atoms with Gasteiger partial charge in [-0.15, -0.1) is 12.4 Å². The molecule has 1 amide bonds. The molecule has 1 aromatic rings. The molecule has 3 rings (SSSR count). The number of rotatable bonds is 7. The molecule has 1 atom stereocenters. The number of halogens is 1. The zero-order chi connectivity index (χ0) is 18.4. The van der Waals surface area contributed by atoms with Gasteiger partial charge in [-0.1, -0.05) is 12.1 Å². The molecule has 0 bridgehead atoms. The van der Waals surface area contributed by atoms with Crippen LogP contribution in [0, 0.1) is 5.92 Å². The molecular formula is C18H28ClN3O4S. The SMILES string of the molecule is Cl.O=C(NCc1ccc(S(=O)(=O)NCC2CCCO2)cc1)C1CCNCC1. The molecule has 2 fully saturated rings. The van der Waals surface area contributed by atoms with Crippen LogP contribution in [0.1, 0.15) is 31.2 Å². The van der Waals surface area contributed by atoms with Crippen LogP contribution in [0.4, 0.5) is 0 Å². The van der Waals surface area contributed by atoms with Crippen molar-refractivity contribution >= 4 is 28.3 Å². The predicted molar refractivity (Wildman–Crippen MR) is 105 cm³/mol. The fourth-order valence-corrected chi connectivity index (χ4v) is 4.36. The van der Waals surface area contributed by atoms with Crippen molar-refractivity contribution in [3.8, 4) is 0 Å². The van der Waals surface area contributed by atoms with Crippen LogP contribution in [0.5, 0.6) is 0 Å². The number of sulfonamides is 1. The number of ether oxygens (including phenoxy) is 1. The van der Waals surface area contributed by atoms with E-state index in [1.807, 2.05) is 0 Å². The van der Waals surface area contributed by atoms with E-state index in [4.69, 9.17) is 4.74 Å². The Bertz CT molecular complexity index is 700. The summed E-state index contributed by atoms with van der Waals surface area (Å²) < 4.78 is 32.7. The van der Waals surface area contributed by atoms with E-state index < -0.39 is 10.0 Å². The number of piperidine rings is 1. The predicted octanol–water partition coefficient (Wildman–Crippen LogP) is 1.18. The van der Waals surface area contributed by atoms with Crippen molar-refractivity contribution in [1.29, 1.82) is 0 Å². The molecule has 0 aliphatic carbocycles. The lowest BCUT2D eigenvalue weighted by Crippen LogP contribution is -2.37. The molecule has 2 heterocycles. The Morgan fingerprint density at radius 2 is 1.85 bits per heavy atom. The minimum Gasteiger partial charge on any atom is -0.377 e. The van der Waals surface area contributed by atoms with Crippen LogP contribution in [-0.2, 0) is 26.1 Å². The van der Waals surface area contributed by atoms with Crippen molar-refractivity contribution in [3.05, 3.63) is 29.8 Å². The topological polar surface area (TPSA) is 96.5 Å². The molecule has 2 saturated heterocycles. The Hall–Kier alpha value is -1.19. The van der Waals surface area contributed by atoms with Crippen LogP contribution in [-0.4, -0.2) is 46.7 Å². The van der Waals surface area contributed by atoms with E-state index in [9.17, 15) is 13.2 Å². The summed E-state index contributed by atoms with van der Waals surface area (Å²) >= 11 is 0. The van der Waals surface area contributed by atoms with Crippen LogP contribution in [0.3, 0.4) is 0 Å². The van der Waals surface area contributed by atoms with Crippen molar-refractivity contribution in [2.24, 2.45) is 5.92 Å². The van der Waals surface area contributed by atoms with Gasteiger partial charge in [0.25, 0.3) is 0 Å². The smallest absolute Gasteiger partial charge is 0.240 e. The van der Waals surface area contributed by atoms with Gasteiger partial charge in [0.05, 0.1) is 11.0 Å². The Labute approximate surface area is 167 Å². The lowest BCUT2D eigenvalue weighted by molar-refractivity contribution is -0.125. The number of carbonyl (C=O) groups excluding carboxylic acids is 1. The Morgan fingerprint density at radius 3 is 2.48 bits per heavy atom. The molecule has 0 radical (unpaired) electrons. The third-order valence-electron chi connectivity index (χ3n) is 4.94. The van der Waals surface area contributed by atoms with Crippen molar-refractivity contribution in [2.75, 3.05) is 26.2 Å². The molecule has 1 unspecified atom stereocenters. The van der Waals surface area contributed by atoms with E-state index in [0.29, 0.717) is 19.7 Å². The van der Waals surface area contributed by atoms with E-state index in [2.05, 4.69) is 15.4 Å². The van der Waals surface area contributed by atoms with Gasteiger partial charge < -0.3 is 15.4 Å². The number of carbonyl (C=O) groups is 1. The maximum atomic E-state index is 12.3. The summed E-state index contributed by atoms with van der Waals surface area (Å²) in [6.45, 7) is 3.17. The first kappa shape index (κ1) is 22.1. The molecule has 0 saturated carbocycles. The van der Waals surface area contributed by atoms with E-state index in [-0.39, 0.29) is 35.2 Å². The quantitative estimate of drug-likeness (QED) is 0.619. The van der Waals surface area contributed by atoms with Crippen molar-refractivity contribution < 1.29 is 17.9 Å². The highest BCUT2D eigenvalue weighted by Crippen LogP contribution is 2.15. The fourth-order valence-electron chi connectivity index (χ4n) is 3.30. The van der Waals surface area contributed by atoms with Crippen molar-refractivity contribution in [2.45, 2.75) is 43.2 Å². The van der Waals surface area contributed by atoms with Crippen LogP contribution in [0.25, 0.3) is 0 Å². The summed E-state index contributed by atoms with van der Waals surface area (Å²) in [7, 11) is -3.54. The molecule has 7 nitrogen and oxygen atoms in total. The van der Waals surface area contributed by atoms with E-state index in [0.717, 1.165) is 44.3 Å². The van der Waals surface area contributed by atoms with Crippen LogP contribution in [0.2, 0.25) is 0 Å². The Morgan fingerprint density at radius 1 is 1.15 bits per heavy atom. The molecule has 1 aromatic carbocycles. The number of hydrogen-bond acceptors (Lipinski definition) is 5. The molecule has 0 aromatic heterocycles. The fraction of sp³-hybridized carbons (Fsp3) is 0.611. The average molecular weight is 418 g/mol. The molecule has 2 aliphatic rings. The van der Waals surface area contributed by atoms with Gasteiger partial charge in [0.1, 0.15) is 0 Å². The number of hydrogen-bond donors (Lipinski definition) is 3. The Kier molecular flexibility index (Phi) is 8.50. The highest BCUT2D eigenvalue weighted by Gasteiger charge is 2.21. The summed E-state index contributed by atoms with van der Waals surface area (Å²) in [5, 5.41) is 6.18. The van der Waals surface area contributed by atoms with E-state index in [1.54, 1.807) is 24.3 Å². The summed E-state index contributed by atoms with van der Waals surface area (Å²) in [6.07, 6.45) is 3.55. The zero-order valence-corrected chi connectivity index (χ0v) is 16.9. The molecule has 2 aliphatic heterocycles. The molecule has 9 heteroatoms. The molecule has 0 spiro atoms. The molecule has 27 heavy (non-hydrogen) atoms. The second kappa shape index (κ2) is 10.4. The highest BCUT2D eigenvalue weighted by molar-refractivity contribution is 7.89. The second-order valence-electron chi connectivity index (χ2n) is 6.87. The summed E-state index contributed by atoms with van der Waals surface area (Å²) in [5.41, 5.74) is 0.880. The lowest BCUT2D eigenvalue weighted by Gasteiger charge is -2.21. The van der Waals surface area contributed by atoms with E-state index >= 15 is 0 Å². The highest BCUT2D eigenvalue weighted by atomic mass is 35.5. The van der Waals surface area contributed by atoms with Gasteiger partial charge in [0.2, 0.25) is 15.9 Å². The van der Waals surface area contributed by atoms with Gasteiger partial charge in [-0.25, -0.2) is 13.1 Å². The zero-order valence-electron chi connectivity index (χ0n) is 15.3. The van der Waals surface area contributed by atoms with Gasteiger partial charge in [-0.05, 0) is 56.5 Å². The summed E-state index contributed by atoms with van der Waals surface area (Å²) in [5.74, 6) is 0.138. The van der Waals surface area contributed by atoms with Crippen molar-refractivity contribution in [1.82, 2.24) is 15.4 Å². The largest absolute Gasteiger partial charge is 0.377 e. The normalized spacial score (nSPS) is 20.8. The minimum atomic E-state index is -3.54. The van der Waals surface area contributed by atoms with Crippen molar-refractivity contribution in [3.63, 3.8) is 0 Å². The molecular weight excluding hydrogens is 390 g/mol. The van der Waals surface area contributed by atoms with Crippen LogP contribution >= 0.6 is 12.4 Å². The summed E-state index contributed by atoms with van der Waals surface area (Å²) in [6, 6.07) is 6.63. The first-order chi connectivity index (χ1) is 12.5. The van der Waals surface area contributed by atoms with Gasteiger partial charge in [0, 0.05) is 25.6 Å². The molecule has 3 N–H and O–H groups in total. The van der Waals surface area contributed by atoms with Crippen LogP contribution < -0.4 is 15.4 Å². The maximum Gasteiger partial charge on any atom is 0.240 e. The summed E-state index contributed by atoms with van der Waals surface area (Å²) in [4.78, 5) is 12.4. The minimum absolute atomic E-state index is 0. The third kappa shape index (κ3) is 6.43. The standard InChI is InChI=1S/C18H27N3O4S.ClH/c22-18(15-7-9-19-10-8-15)20-12-14-3-5-17(6-4-14)26(23,24)21-13-16-2-1-11-25-16;/h3-6,15-16,19,21H,1-2,7-13H2,(H,20,22);1H. The number of amides is 1. The number of benzene rings is 1. The maximum absolute atomic E-state index is 12.3. The van der Waals surface area contributed by atoms with Gasteiger partial charge in [-0.2, -0.15) is 0 Å². The second-order valence-corrected chi connectivity index (χ2v) is 8.64. The van der Waals surface area contributed by atoms with E-state index in [1.165, 1.54) is 0 Å². The first-order valence-electron chi connectivity index (χ1n) is 9.23. The van der Waals surface area contributed by atoms with Gasteiger partial charge in [-0.3, -0.25) is 4.79 Å². The van der Waals surface area contributed by atoms with Gasteiger partial charge >= 0.3 is 0 Å². The first-order valence-corrected chi connectivity index (χ1v) is 10.7. The number of nitrogens with one attached hydrogen (secondary N) is 3. The monoisotopic (exact) mass is 417 g/mol. The van der Waals surface area contributed by atoms with Gasteiger partial charge in [0.15, 0.2) is 0 Å². The molecule has 152 valence electrons. The Balaban J connectivity index is 0.00000261. The lowest BCUT2D eigenvalue weighted by atomic mass is 9.97.